The number of hydrogen-bond donors (Lipinski definition) is 0. The maximum atomic E-state index is 13.4. The minimum Gasteiger partial charge on any atom is -0.207 e. The summed E-state index contributed by atoms with van der Waals surface area (Å²) in [5.41, 5.74) is -2.14. The molecule has 0 bridgehead atoms. The lowest BCUT2D eigenvalue weighted by atomic mass is 9.95. The molecule has 0 aliphatic carbocycles. The van der Waals surface area contributed by atoms with Gasteiger partial charge < -0.3 is 0 Å². The summed E-state index contributed by atoms with van der Waals surface area (Å²) in [6, 6.07) is 0.755. The lowest BCUT2D eigenvalue weighted by molar-refractivity contribution is -0.140. The molecule has 0 aliphatic heterocycles. The molecule has 0 N–H and O–H groups in total. The van der Waals surface area contributed by atoms with Crippen LogP contribution in [0.5, 0.6) is 0 Å². The summed E-state index contributed by atoms with van der Waals surface area (Å²) in [6.07, 6.45) is -4.89. The SMILES string of the molecule is CC(C)c1c(F)cc(P)c(F)c1C(F)(F)F. The molecule has 1 aromatic carbocycles. The van der Waals surface area contributed by atoms with E-state index in [1.165, 1.54) is 13.8 Å². The van der Waals surface area contributed by atoms with Gasteiger partial charge in [0.2, 0.25) is 0 Å². The summed E-state index contributed by atoms with van der Waals surface area (Å²) in [6.45, 7) is 2.77. The smallest absolute Gasteiger partial charge is 0.207 e. The second-order valence-electron chi connectivity index (χ2n) is 3.70. The highest BCUT2D eigenvalue weighted by Gasteiger charge is 2.39. The molecule has 6 heteroatoms. The van der Waals surface area contributed by atoms with Crippen molar-refractivity contribution in [3.63, 3.8) is 0 Å². The lowest BCUT2D eigenvalue weighted by Gasteiger charge is -2.18. The van der Waals surface area contributed by atoms with Crippen LogP contribution < -0.4 is 5.30 Å². The van der Waals surface area contributed by atoms with Gasteiger partial charge in [0.05, 0.1) is 5.56 Å². The Balaban J connectivity index is 3.65. The van der Waals surface area contributed by atoms with Gasteiger partial charge >= 0.3 is 6.18 Å². The number of rotatable bonds is 1. The lowest BCUT2D eigenvalue weighted by Crippen LogP contribution is -2.19. The van der Waals surface area contributed by atoms with Gasteiger partial charge in [0.25, 0.3) is 0 Å². The summed E-state index contributed by atoms with van der Waals surface area (Å²) >= 11 is 0. The van der Waals surface area contributed by atoms with Crippen LogP contribution >= 0.6 is 9.24 Å². The van der Waals surface area contributed by atoms with Gasteiger partial charge in [0, 0.05) is 10.9 Å². The topological polar surface area (TPSA) is 0 Å². The van der Waals surface area contributed by atoms with Crippen LogP contribution in [-0.4, -0.2) is 0 Å². The predicted octanol–water partition coefficient (Wildman–Crippen LogP) is 3.61. The minimum atomic E-state index is -4.89. The van der Waals surface area contributed by atoms with E-state index in [0.29, 0.717) is 0 Å². The van der Waals surface area contributed by atoms with E-state index in [0.717, 1.165) is 6.07 Å². The third-order valence-electron chi connectivity index (χ3n) is 2.14. The Morgan fingerprint density at radius 2 is 1.69 bits per heavy atom. The maximum absolute atomic E-state index is 13.4. The van der Waals surface area contributed by atoms with Crippen LogP contribution in [0.1, 0.15) is 30.9 Å². The zero-order chi connectivity index (χ0) is 12.7. The summed E-state index contributed by atoms with van der Waals surface area (Å²) in [7, 11) is 1.75. The van der Waals surface area contributed by atoms with E-state index in [4.69, 9.17) is 0 Å². The fourth-order valence-electron chi connectivity index (χ4n) is 1.50. The van der Waals surface area contributed by atoms with Gasteiger partial charge in [-0.1, -0.05) is 13.8 Å². The molecule has 0 radical (unpaired) electrons. The second kappa shape index (κ2) is 4.28. The highest BCUT2D eigenvalue weighted by molar-refractivity contribution is 7.27. The van der Waals surface area contributed by atoms with Crippen molar-refractivity contribution in [1.29, 1.82) is 0 Å². The van der Waals surface area contributed by atoms with E-state index in [-0.39, 0.29) is 0 Å². The molecule has 0 spiro atoms. The summed E-state index contributed by atoms with van der Waals surface area (Å²) in [5, 5.41) is -0.422. The second-order valence-corrected chi connectivity index (χ2v) is 4.32. The molecular weight excluding hydrogens is 246 g/mol. The standard InChI is InChI=1S/C10H10F5P/c1-4(2)7-5(11)3-6(16)9(12)8(7)10(13,14)15/h3-4H,16H2,1-2H3. The molecule has 16 heavy (non-hydrogen) atoms. The largest absolute Gasteiger partial charge is 0.419 e. The van der Waals surface area contributed by atoms with Crippen LogP contribution in [0, 0.1) is 11.6 Å². The van der Waals surface area contributed by atoms with Crippen molar-refractivity contribution >= 4 is 14.5 Å². The van der Waals surface area contributed by atoms with Crippen molar-refractivity contribution in [2.75, 3.05) is 0 Å². The van der Waals surface area contributed by atoms with Crippen LogP contribution in [0.4, 0.5) is 22.0 Å². The van der Waals surface area contributed by atoms with Crippen LogP contribution in [0.3, 0.4) is 0 Å². The number of hydrogen-bond acceptors (Lipinski definition) is 0. The molecule has 0 heterocycles. The number of halogens is 5. The summed E-state index contributed by atoms with van der Waals surface area (Å²) in [5.74, 6) is -3.20. The van der Waals surface area contributed by atoms with E-state index in [1.807, 2.05) is 0 Å². The fourth-order valence-corrected chi connectivity index (χ4v) is 1.79. The number of benzene rings is 1. The minimum absolute atomic E-state index is 0.422. The van der Waals surface area contributed by atoms with E-state index >= 15 is 0 Å². The first-order valence-electron chi connectivity index (χ1n) is 4.50. The molecule has 1 atom stereocenters. The van der Waals surface area contributed by atoms with Crippen LogP contribution in [0.25, 0.3) is 0 Å². The third-order valence-corrected chi connectivity index (χ3v) is 2.56. The zero-order valence-corrected chi connectivity index (χ0v) is 9.78. The molecule has 0 aromatic heterocycles. The van der Waals surface area contributed by atoms with E-state index in [1.54, 1.807) is 9.24 Å². The molecule has 0 saturated heterocycles. The predicted molar refractivity (Wildman–Crippen MR) is 54.8 cm³/mol. The fraction of sp³-hybridized carbons (Fsp3) is 0.400. The Hall–Kier alpha value is -0.700. The van der Waals surface area contributed by atoms with Gasteiger partial charge in [-0.05, 0) is 12.0 Å². The van der Waals surface area contributed by atoms with Crippen molar-refractivity contribution in [2.45, 2.75) is 25.9 Å². The van der Waals surface area contributed by atoms with Gasteiger partial charge in [-0.15, -0.1) is 9.24 Å². The first kappa shape index (κ1) is 13.4. The highest BCUT2D eigenvalue weighted by atomic mass is 31.0. The van der Waals surface area contributed by atoms with Crippen molar-refractivity contribution in [3.05, 3.63) is 28.8 Å². The average molecular weight is 256 g/mol. The molecule has 0 aliphatic rings. The summed E-state index contributed by atoms with van der Waals surface area (Å²) in [4.78, 5) is 0. The van der Waals surface area contributed by atoms with Crippen LogP contribution in [-0.2, 0) is 6.18 Å². The number of alkyl halides is 3. The van der Waals surface area contributed by atoms with Gasteiger partial charge in [-0.25, -0.2) is 8.78 Å². The first-order valence-corrected chi connectivity index (χ1v) is 5.08. The molecule has 0 fully saturated rings. The van der Waals surface area contributed by atoms with E-state index < -0.39 is 40.2 Å². The van der Waals surface area contributed by atoms with E-state index in [2.05, 4.69) is 0 Å². The molecule has 0 amide bonds. The normalized spacial score (nSPS) is 12.3. The Kier molecular flexibility index (Phi) is 3.58. The third kappa shape index (κ3) is 2.34. The van der Waals surface area contributed by atoms with Crippen molar-refractivity contribution in [3.8, 4) is 0 Å². The van der Waals surface area contributed by atoms with E-state index in [9.17, 15) is 22.0 Å². The molecule has 90 valence electrons. The Labute approximate surface area is 92.0 Å². The summed E-state index contributed by atoms with van der Waals surface area (Å²) < 4.78 is 64.6. The van der Waals surface area contributed by atoms with Crippen LogP contribution in [0.2, 0.25) is 0 Å². The van der Waals surface area contributed by atoms with Gasteiger partial charge in [0.15, 0.2) is 0 Å². The maximum Gasteiger partial charge on any atom is 0.419 e. The van der Waals surface area contributed by atoms with Gasteiger partial charge in [-0.2, -0.15) is 13.2 Å². The van der Waals surface area contributed by atoms with Crippen LogP contribution in [0.15, 0.2) is 6.07 Å². The molecule has 1 rings (SSSR count). The molecule has 0 saturated carbocycles. The zero-order valence-electron chi connectivity index (χ0n) is 8.62. The Morgan fingerprint density at radius 3 is 2.06 bits per heavy atom. The quantitative estimate of drug-likeness (QED) is 0.532. The highest BCUT2D eigenvalue weighted by Crippen LogP contribution is 2.38. The van der Waals surface area contributed by atoms with Gasteiger partial charge in [-0.3, -0.25) is 0 Å². The molecule has 1 aromatic rings. The Morgan fingerprint density at radius 1 is 1.19 bits per heavy atom. The molecular formula is C10H10F5P. The van der Waals surface area contributed by atoms with Crippen molar-refractivity contribution in [2.24, 2.45) is 0 Å². The average Bonchev–Trinajstić information content (AvgIpc) is 2.07. The molecule has 0 nitrogen and oxygen atoms in total. The Bertz CT molecular complexity index is 409. The van der Waals surface area contributed by atoms with Crippen molar-refractivity contribution in [1.82, 2.24) is 0 Å². The first-order chi connectivity index (χ1) is 7.16. The van der Waals surface area contributed by atoms with Gasteiger partial charge in [0.1, 0.15) is 11.6 Å². The molecule has 1 unspecified atom stereocenters. The van der Waals surface area contributed by atoms with Crippen molar-refractivity contribution < 1.29 is 22.0 Å². The monoisotopic (exact) mass is 256 g/mol.